The summed E-state index contributed by atoms with van der Waals surface area (Å²) in [5, 5.41) is 7.42. The Kier molecular flexibility index (Phi) is 20.0. The molecule has 0 radical (unpaired) electrons. The number of ether oxygens (including phenoxy) is 1. The van der Waals surface area contributed by atoms with E-state index >= 15 is 0 Å². The van der Waals surface area contributed by atoms with Gasteiger partial charge in [-0.1, -0.05) is 71.1 Å². The quantitative estimate of drug-likeness (QED) is 0.346. The maximum absolute atomic E-state index is 11.3. The maximum Gasteiger partial charge on any atom is 0.306 e. The van der Waals surface area contributed by atoms with Crippen molar-refractivity contribution in [3.63, 3.8) is 0 Å². The van der Waals surface area contributed by atoms with Crippen LogP contribution in [0.15, 0.2) is 0 Å². The largest absolute Gasteiger partial charge is 0.481 e. The van der Waals surface area contributed by atoms with E-state index in [0.717, 1.165) is 13.3 Å². The highest BCUT2D eigenvalue weighted by molar-refractivity contribution is 5.69. The molecule has 0 amide bonds. The van der Waals surface area contributed by atoms with Crippen LogP contribution in [0.3, 0.4) is 0 Å². The van der Waals surface area contributed by atoms with E-state index in [1.807, 2.05) is 13.8 Å². The lowest BCUT2D eigenvalue weighted by atomic mass is 10.1. The highest BCUT2D eigenvalue weighted by Gasteiger charge is 2.04. The number of hydrogen-bond acceptors (Lipinski definition) is 3. The predicted molar refractivity (Wildman–Crippen MR) is 95.6 cm³/mol. The molecule has 0 aliphatic rings. The second-order valence-electron chi connectivity index (χ2n) is 6.34. The van der Waals surface area contributed by atoms with Crippen LogP contribution in [0.25, 0.3) is 0 Å². The summed E-state index contributed by atoms with van der Waals surface area (Å²) in [6, 6.07) is 0. The van der Waals surface area contributed by atoms with Crippen molar-refractivity contribution in [3.8, 4) is 0 Å². The lowest BCUT2D eigenvalue weighted by Crippen LogP contribution is -2.10. The van der Waals surface area contributed by atoms with Gasteiger partial charge in [0.15, 0.2) is 0 Å². The number of carboxylic acid groups (broad SMARTS) is 1. The lowest BCUT2D eigenvalue weighted by Gasteiger charge is -2.07. The number of hydrogen-bond donors (Lipinski definition) is 1. The molecule has 0 saturated heterocycles. The molecule has 0 aromatic rings. The summed E-state index contributed by atoms with van der Waals surface area (Å²) in [6.45, 7) is 7.15. The van der Waals surface area contributed by atoms with Crippen LogP contribution in [-0.4, -0.2) is 23.1 Å². The normalized spacial score (nSPS) is 10.1. The third kappa shape index (κ3) is 29.6. The van der Waals surface area contributed by atoms with Gasteiger partial charge in [0.1, 0.15) is 0 Å². The van der Waals surface area contributed by atoms with Crippen LogP contribution >= 0.6 is 0 Å². The number of carbonyl (C=O) groups excluding carboxylic acids is 1. The molecule has 4 heteroatoms. The van der Waals surface area contributed by atoms with Crippen molar-refractivity contribution >= 4 is 11.9 Å². The van der Waals surface area contributed by atoms with Gasteiger partial charge in [0.2, 0.25) is 0 Å². The molecule has 138 valence electrons. The fourth-order valence-electron chi connectivity index (χ4n) is 2.26. The number of rotatable bonds is 13. The van der Waals surface area contributed by atoms with Crippen LogP contribution in [0.2, 0.25) is 0 Å². The van der Waals surface area contributed by atoms with Crippen LogP contribution in [0.4, 0.5) is 0 Å². The first kappa shape index (κ1) is 24.2. The number of unbranched alkanes of at least 4 members (excludes halogenated alkanes) is 10. The van der Waals surface area contributed by atoms with Gasteiger partial charge in [-0.2, -0.15) is 0 Å². The molecule has 0 heterocycles. The first-order valence-electron chi connectivity index (χ1n) is 9.29. The average molecular weight is 331 g/mol. The van der Waals surface area contributed by atoms with Crippen molar-refractivity contribution < 1.29 is 19.4 Å². The minimum atomic E-state index is -0.833. The molecule has 0 rings (SSSR count). The van der Waals surface area contributed by atoms with Gasteiger partial charge in [0, 0.05) is 13.3 Å². The predicted octanol–water partition coefficient (Wildman–Crippen LogP) is 5.73. The van der Waals surface area contributed by atoms with Crippen molar-refractivity contribution in [2.24, 2.45) is 0 Å². The van der Waals surface area contributed by atoms with Crippen LogP contribution in [0.1, 0.15) is 105 Å². The van der Waals surface area contributed by atoms with Crippen molar-refractivity contribution in [1.82, 2.24) is 0 Å². The summed E-state index contributed by atoms with van der Waals surface area (Å²) in [4.78, 5) is 20.3. The summed E-state index contributed by atoms with van der Waals surface area (Å²) >= 11 is 0. The lowest BCUT2D eigenvalue weighted by molar-refractivity contribution is -0.147. The molecule has 0 atom stereocenters. The molecule has 0 spiro atoms. The smallest absolute Gasteiger partial charge is 0.306 e. The first-order valence-corrected chi connectivity index (χ1v) is 9.29. The SMILES string of the molecule is CC(=O)O.CCCCCCCCCCCCCC(=O)OC(C)C. The third-order valence-corrected chi connectivity index (χ3v) is 3.35. The maximum atomic E-state index is 11.3. The average Bonchev–Trinajstić information content (AvgIpc) is 2.43. The van der Waals surface area contributed by atoms with Gasteiger partial charge in [-0.3, -0.25) is 9.59 Å². The molecule has 0 saturated carbocycles. The van der Waals surface area contributed by atoms with E-state index in [1.54, 1.807) is 0 Å². The van der Waals surface area contributed by atoms with E-state index in [-0.39, 0.29) is 12.1 Å². The van der Waals surface area contributed by atoms with E-state index in [2.05, 4.69) is 6.92 Å². The zero-order valence-corrected chi connectivity index (χ0v) is 15.7. The van der Waals surface area contributed by atoms with E-state index in [1.165, 1.54) is 64.2 Å². The van der Waals surface area contributed by atoms with E-state index < -0.39 is 5.97 Å². The number of esters is 1. The molecule has 23 heavy (non-hydrogen) atoms. The van der Waals surface area contributed by atoms with E-state index in [9.17, 15) is 4.79 Å². The van der Waals surface area contributed by atoms with Gasteiger partial charge in [-0.05, 0) is 20.3 Å². The monoisotopic (exact) mass is 330 g/mol. The molecule has 0 bridgehead atoms. The standard InChI is InChI=1S/C17H34O2.C2H4O2/c1-4-5-6-7-8-9-10-11-12-13-14-15-17(18)19-16(2)3;1-2(3)4/h16H,4-15H2,1-3H3;1H3,(H,3,4). The molecule has 0 aliphatic carbocycles. The highest BCUT2D eigenvalue weighted by atomic mass is 16.5. The van der Waals surface area contributed by atoms with Gasteiger partial charge in [0.05, 0.1) is 6.10 Å². The molecule has 4 nitrogen and oxygen atoms in total. The zero-order chi connectivity index (χ0) is 17.9. The summed E-state index contributed by atoms with van der Waals surface area (Å²) in [5.41, 5.74) is 0. The van der Waals surface area contributed by atoms with Crippen LogP contribution in [0, 0.1) is 0 Å². The third-order valence-electron chi connectivity index (χ3n) is 3.35. The summed E-state index contributed by atoms with van der Waals surface area (Å²) in [5.74, 6) is -0.870. The fourth-order valence-corrected chi connectivity index (χ4v) is 2.26. The molecular formula is C19H38O4. The van der Waals surface area contributed by atoms with E-state index in [4.69, 9.17) is 14.6 Å². The second kappa shape index (κ2) is 19.0. The minimum Gasteiger partial charge on any atom is -0.481 e. The Hall–Kier alpha value is -1.06. The topological polar surface area (TPSA) is 63.6 Å². The van der Waals surface area contributed by atoms with Crippen LogP contribution < -0.4 is 0 Å². The van der Waals surface area contributed by atoms with Gasteiger partial charge < -0.3 is 9.84 Å². The summed E-state index contributed by atoms with van der Waals surface area (Å²) < 4.78 is 5.10. The van der Waals surface area contributed by atoms with Gasteiger partial charge in [-0.15, -0.1) is 0 Å². The molecular weight excluding hydrogens is 292 g/mol. The van der Waals surface area contributed by atoms with Crippen LogP contribution in [-0.2, 0) is 14.3 Å². The Morgan fingerprint density at radius 2 is 1.17 bits per heavy atom. The van der Waals surface area contributed by atoms with Crippen molar-refractivity contribution in [3.05, 3.63) is 0 Å². The number of aliphatic carboxylic acids is 1. The Labute approximate surface area is 143 Å². The molecule has 0 aromatic heterocycles. The van der Waals surface area contributed by atoms with Crippen LogP contribution in [0.5, 0.6) is 0 Å². The molecule has 0 aromatic carbocycles. The van der Waals surface area contributed by atoms with Gasteiger partial charge in [-0.25, -0.2) is 0 Å². The van der Waals surface area contributed by atoms with Crippen molar-refractivity contribution in [2.45, 2.75) is 111 Å². The number of carboxylic acids is 1. The number of carbonyl (C=O) groups is 2. The summed E-state index contributed by atoms with van der Waals surface area (Å²) in [7, 11) is 0. The Balaban J connectivity index is 0. The van der Waals surface area contributed by atoms with Crippen molar-refractivity contribution in [2.75, 3.05) is 0 Å². The molecule has 0 aliphatic heterocycles. The Bertz CT molecular complexity index is 271. The van der Waals surface area contributed by atoms with Gasteiger partial charge >= 0.3 is 5.97 Å². The Morgan fingerprint density at radius 1 is 0.826 bits per heavy atom. The fraction of sp³-hybridized carbons (Fsp3) is 0.895. The molecule has 0 unspecified atom stereocenters. The first-order chi connectivity index (χ1) is 10.9. The molecule has 0 fully saturated rings. The molecule has 1 N–H and O–H groups in total. The van der Waals surface area contributed by atoms with Gasteiger partial charge in [0.25, 0.3) is 5.97 Å². The summed E-state index contributed by atoms with van der Waals surface area (Å²) in [6.07, 6.45) is 15.1. The Morgan fingerprint density at radius 3 is 1.52 bits per heavy atom. The minimum absolute atomic E-state index is 0.0280. The zero-order valence-electron chi connectivity index (χ0n) is 15.7. The van der Waals surface area contributed by atoms with E-state index in [0.29, 0.717) is 6.42 Å². The second-order valence-corrected chi connectivity index (χ2v) is 6.34. The van der Waals surface area contributed by atoms with Crippen molar-refractivity contribution in [1.29, 1.82) is 0 Å². The highest BCUT2D eigenvalue weighted by Crippen LogP contribution is 2.12.